The molecule has 1 aromatic heterocycles. The Bertz CT molecular complexity index is 443. The van der Waals surface area contributed by atoms with E-state index in [1.807, 2.05) is 0 Å². The Morgan fingerprint density at radius 1 is 1.26 bits per heavy atom. The number of aliphatic hydroxyl groups is 1. The molecule has 2 unspecified atom stereocenters. The van der Waals surface area contributed by atoms with E-state index in [0.29, 0.717) is 18.4 Å². The van der Waals surface area contributed by atoms with Crippen molar-refractivity contribution in [1.29, 1.82) is 0 Å². The lowest BCUT2D eigenvalue weighted by molar-refractivity contribution is 0.141. The monoisotopic (exact) mass is 264 g/mol. The summed E-state index contributed by atoms with van der Waals surface area (Å²) in [6.07, 6.45) is 3.57. The SMILES string of the molecule is CC(C)N1CCC(Cc2nnc3n2CCC(O)C3)C1. The van der Waals surface area contributed by atoms with Crippen LogP contribution in [0.1, 0.15) is 38.3 Å². The van der Waals surface area contributed by atoms with Gasteiger partial charge in [0.1, 0.15) is 11.6 Å². The number of aromatic nitrogens is 3. The van der Waals surface area contributed by atoms with Crippen molar-refractivity contribution < 1.29 is 5.11 Å². The molecule has 0 aromatic carbocycles. The summed E-state index contributed by atoms with van der Waals surface area (Å²) in [4.78, 5) is 2.54. The van der Waals surface area contributed by atoms with Crippen molar-refractivity contribution in [3.8, 4) is 0 Å². The average molecular weight is 264 g/mol. The molecule has 5 nitrogen and oxygen atoms in total. The van der Waals surface area contributed by atoms with Crippen molar-refractivity contribution in [3.63, 3.8) is 0 Å². The minimum absolute atomic E-state index is 0.229. The zero-order valence-electron chi connectivity index (χ0n) is 11.9. The van der Waals surface area contributed by atoms with Gasteiger partial charge < -0.3 is 14.6 Å². The second kappa shape index (κ2) is 5.21. The van der Waals surface area contributed by atoms with E-state index in [2.05, 4.69) is 33.5 Å². The van der Waals surface area contributed by atoms with Crippen LogP contribution in [0.15, 0.2) is 0 Å². The van der Waals surface area contributed by atoms with Gasteiger partial charge in [-0.15, -0.1) is 10.2 Å². The number of likely N-dealkylation sites (tertiary alicyclic amines) is 1. The first kappa shape index (κ1) is 13.1. The summed E-state index contributed by atoms with van der Waals surface area (Å²) >= 11 is 0. The number of rotatable bonds is 3. The molecule has 2 aliphatic rings. The number of hydrogen-bond acceptors (Lipinski definition) is 4. The van der Waals surface area contributed by atoms with Gasteiger partial charge in [-0.2, -0.15) is 0 Å². The van der Waals surface area contributed by atoms with Crippen LogP contribution in [0.2, 0.25) is 0 Å². The van der Waals surface area contributed by atoms with Gasteiger partial charge in [0.25, 0.3) is 0 Å². The van der Waals surface area contributed by atoms with Crippen LogP contribution >= 0.6 is 0 Å². The molecule has 1 fully saturated rings. The first-order chi connectivity index (χ1) is 9.13. The molecule has 1 N–H and O–H groups in total. The predicted octanol–water partition coefficient (Wildman–Crippen LogP) is 0.858. The maximum Gasteiger partial charge on any atom is 0.135 e. The van der Waals surface area contributed by atoms with Gasteiger partial charge in [-0.25, -0.2) is 0 Å². The second-order valence-corrected chi connectivity index (χ2v) is 6.28. The molecular weight excluding hydrogens is 240 g/mol. The third kappa shape index (κ3) is 2.67. The normalized spacial score (nSPS) is 28.0. The van der Waals surface area contributed by atoms with Gasteiger partial charge in [-0.05, 0) is 39.2 Å². The van der Waals surface area contributed by atoms with Crippen LogP contribution < -0.4 is 0 Å². The smallest absolute Gasteiger partial charge is 0.135 e. The molecule has 19 heavy (non-hydrogen) atoms. The zero-order valence-corrected chi connectivity index (χ0v) is 11.9. The molecule has 1 aromatic rings. The number of hydrogen-bond donors (Lipinski definition) is 1. The Kier molecular flexibility index (Phi) is 3.58. The molecule has 106 valence electrons. The first-order valence-corrected chi connectivity index (χ1v) is 7.46. The van der Waals surface area contributed by atoms with Crippen molar-refractivity contribution in [2.24, 2.45) is 5.92 Å². The molecule has 5 heteroatoms. The first-order valence-electron chi connectivity index (χ1n) is 7.46. The van der Waals surface area contributed by atoms with Gasteiger partial charge >= 0.3 is 0 Å². The van der Waals surface area contributed by atoms with Crippen LogP contribution in [0, 0.1) is 5.92 Å². The molecule has 0 saturated carbocycles. The van der Waals surface area contributed by atoms with Gasteiger partial charge in [-0.1, -0.05) is 0 Å². The van der Waals surface area contributed by atoms with E-state index in [1.165, 1.54) is 19.5 Å². The van der Waals surface area contributed by atoms with Gasteiger partial charge in [-0.3, -0.25) is 0 Å². The van der Waals surface area contributed by atoms with Gasteiger partial charge in [0.15, 0.2) is 0 Å². The topological polar surface area (TPSA) is 54.2 Å². The Hall–Kier alpha value is -0.940. The molecule has 0 radical (unpaired) electrons. The van der Waals surface area contributed by atoms with E-state index in [9.17, 15) is 5.11 Å². The lowest BCUT2D eigenvalue weighted by atomic mass is 10.0. The lowest BCUT2D eigenvalue weighted by Crippen LogP contribution is -2.29. The van der Waals surface area contributed by atoms with E-state index < -0.39 is 0 Å². The summed E-state index contributed by atoms with van der Waals surface area (Å²) in [6, 6.07) is 0.646. The van der Waals surface area contributed by atoms with Crippen molar-refractivity contribution in [3.05, 3.63) is 11.6 Å². The highest BCUT2D eigenvalue weighted by molar-refractivity contribution is 5.02. The molecule has 3 rings (SSSR count). The molecule has 0 amide bonds. The molecule has 0 aliphatic carbocycles. The Labute approximate surface area is 114 Å². The van der Waals surface area contributed by atoms with Crippen LogP contribution in [0.4, 0.5) is 0 Å². The summed E-state index contributed by atoms with van der Waals surface area (Å²) < 4.78 is 2.23. The third-order valence-electron chi connectivity index (χ3n) is 4.53. The molecule has 1 saturated heterocycles. The van der Waals surface area contributed by atoms with E-state index in [0.717, 1.165) is 31.0 Å². The van der Waals surface area contributed by atoms with Gasteiger partial charge in [0.05, 0.1) is 6.10 Å². The Morgan fingerprint density at radius 3 is 2.84 bits per heavy atom. The quantitative estimate of drug-likeness (QED) is 0.879. The summed E-state index contributed by atoms with van der Waals surface area (Å²) in [5, 5.41) is 18.2. The Balaban J connectivity index is 1.65. The third-order valence-corrected chi connectivity index (χ3v) is 4.53. The molecule has 0 spiro atoms. The fourth-order valence-corrected chi connectivity index (χ4v) is 3.28. The summed E-state index contributed by atoms with van der Waals surface area (Å²) in [5.41, 5.74) is 0. The predicted molar refractivity (Wildman–Crippen MR) is 72.9 cm³/mol. The molecular formula is C14H24N4O. The fourth-order valence-electron chi connectivity index (χ4n) is 3.28. The maximum absolute atomic E-state index is 9.66. The van der Waals surface area contributed by atoms with E-state index in [-0.39, 0.29) is 6.10 Å². The largest absolute Gasteiger partial charge is 0.393 e. The Morgan fingerprint density at radius 2 is 2.11 bits per heavy atom. The van der Waals surface area contributed by atoms with E-state index in [1.54, 1.807) is 0 Å². The highest BCUT2D eigenvalue weighted by Crippen LogP contribution is 2.23. The van der Waals surface area contributed by atoms with Crippen LogP contribution in [0.3, 0.4) is 0 Å². The molecule has 2 aliphatic heterocycles. The van der Waals surface area contributed by atoms with Crippen molar-refractivity contribution in [1.82, 2.24) is 19.7 Å². The zero-order chi connectivity index (χ0) is 13.4. The van der Waals surface area contributed by atoms with Crippen LogP contribution in [0.5, 0.6) is 0 Å². The molecule has 0 bridgehead atoms. The van der Waals surface area contributed by atoms with Gasteiger partial charge in [0.2, 0.25) is 0 Å². The fraction of sp³-hybridized carbons (Fsp3) is 0.857. The number of fused-ring (bicyclic) bond motifs is 1. The van der Waals surface area contributed by atoms with Crippen LogP contribution in [0.25, 0.3) is 0 Å². The number of nitrogens with zero attached hydrogens (tertiary/aromatic N) is 4. The average Bonchev–Trinajstić information content (AvgIpc) is 2.97. The molecule has 3 heterocycles. The lowest BCUT2D eigenvalue weighted by Gasteiger charge is -2.21. The van der Waals surface area contributed by atoms with Crippen molar-refractivity contribution in [2.45, 2.75) is 58.2 Å². The summed E-state index contributed by atoms with van der Waals surface area (Å²) in [6.45, 7) is 7.80. The van der Waals surface area contributed by atoms with E-state index in [4.69, 9.17) is 0 Å². The standard InChI is InChI=1S/C14H24N4O/c1-10(2)17-5-3-11(9-17)7-13-15-16-14-8-12(19)4-6-18(13)14/h10-12,19H,3-9H2,1-2H3. The van der Waals surface area contributed by atoms with Crippen molar-refractivity contribution in [2.75, 3.05) is 13.1 Å². The van der Waals surface area contributed by atoms with Crippen LogP contribution in [-0.4, -0.2) is 50.0 Å². The maximum atomic E-state index is 9.66. The van der Waals surface area contributed by atoms with E-state index >= 15 is 0 Å². The highest BCUT2D eigenvalue weighted by Gasteiger charge is 2.27. The second-order valence-electron chi connectivity index (χ2n) is 6.28. The summed E-state index contributed by atoms with van der Waals surface area (Å²) in [7, 11) is 0. The van der Waals surface area contributed by atoms with Crippen LogP contribution in [-0.2, 0) is 19.4 Å². The highest BCUT2D eigenvalue weighted by atomic mass is 16.3. The number of aliphatic hydroxyl groups excluding tert-OH is 1. The summed E-state index contributed by atoms with van der Waals surface area (Å²) in [5.74, 6) is 2.80. The van der Waals surface area contributed by atoms with Gasteiger partial charge in [0, 0.05) is 32.0 Å². The molecule has 2 atom stereocenters. The minimum atomic E-state index is -0.229. The minimum Gasteiger partial charge on any atom is -0.393 e. The van der Waals surface area contributed by atoms with Crippen molar-refractivity contribution >= 4 is 0 Å².